The summed E-state index contributed by atoms with van der Waals surface area (Å²) in [4.78, 5) is 11.9. The van der Waals surface area contributed by atoms with Crippen LogP contribution >= 0.6 is 0 Å². The summed E-state index contributed by atoms with van der Waals surface area (Å²) in [7, 11) is 1.86. The number of carbonyl (C=O) groups excluding carboxylic acids is 1. The number of aromatic nitrogens is 2. The molecule has 2 N–H and O–H groups in total. The normalized spacial score (nSPS) is 12.0. The smallest absolute Gasteiger partial charge is 0.220 e. The monoisotopic (exact) mass is 331 g/mol. The Morgan fingerprint density at radius 3 is 2.88 bits per heavy atom. The van der Waals surface area contributed by atoms with E-state index in [0.717, 1.165) is 16.8 Å². The molecule has 0 saturated heterocycles. The van der Waals surface area contributed by atoms with E-state index in [1.54, 1.807) is 4.68 Å². The molecule has 2 aromatic rings. The molecule has 1 atom stereocenters. The molecule has 2 rings (SSSR count). The van der Waals surface area contributed by atoms with E-state index in [0.29, 0.717) is 18.6 Å². The van der Waals surface area contributed by atoms with Crippen LogP contribution in [0.15, 0.2) is 30.5 Å². The van der Waals surface area contributed by atoms with Crippen molar-refractivity contribution in [2.45, 2.75) is 32.8 Å². The zero-order valence-corrected chi connectivity index (χ0v) is 14.5. The summed E-state index contributed by atoms with van der Waals surface area (Å²) in [6.07, 6.45) is 2.20. The highest BCUT2D eigenvalue weighted by molar-refractivity contribution is 5.76. The molecule has 24 heavy (non-hydrogen) atoms. The lowest BCUT2D eigenvalue weighted by Crippen LogP contribution is -2.35. The third kappa shape index (κ3) is 5.70. The summed E-state index contributed by atoms with van der Waals surface area (Å²) in [6, 6.07) is 7.63. The number of aryl methyl sites for hydroxylation is 4. The molecule has 6 heteroatoms. The van der Waals surface area contributed by atoms with Crippen LogP contribution in [0.2, 0.25) is 0 Å². The van der Waals surface area contributed by atoms with Crippen LogP contribution in [0.25, 0.3) is 0 Å². The Balaban J connectivity index is 1.66. The first-order chi connectivity index (χ1) is 11.4. The van der Waals surface area contributed by atoms with E-state index in [2.05, 4.69) is 10.4 Å². The molecular formula is C18H25N3O3. The van der Waals surface area contributed by atoms with Gasteiger partial charge in [-0.15, -0.1) is 0 Å². The van der Waals surface area contributed by atoms with Gasteiger partial charge in [0.25, 0.3) is 0 Å². The summed E-state index contributed by atoms with van der Waals surface area (Å²) in [5.74, 6) is 0.625. The van der Waals surface area contributed by atoms with Crippen molar-refractivity contribution in [3.8, 4) is 5.75 Å². The van der Waals surface area contributed by atoms with Gasteiger partial charge in [0.1, 0.15) is 18.5 Å². The molecule has 0 aliphatic rings. The first-order valence-electron chi connectivity index (χ1n) is 8.07. The minimum Gasteiger partial charge on any atom is -0.491 e. The zero-order valence-electron chi connectivity index (χ0n) is 14.5. The second kappa shape index (κ2) is 8.49. The Hall–Kier alpha value is -2.34. The Morgan fingerprint density at radius 2 is 2.21 bits per heavy atom. The highest BCUT2D eigenvalue weighted by Crippen LogP contribution is 2.12. The number of carbonyl (C=O) groups is 1. The topological polar surface area (TPSA) is 76.4 Å². The molecule has 1 unspecified atom stereocenters. The van der Waals surface area contributed by atoms with Crippen LogP contribution in [0, 0.1) is 13.8 Å². The highest BCUT2D eigenvalue weighted by atomic mass is 16.5. The minimum atomic E-state index is -0.741. The van der Waals surface area contributed by atoms with E-state index in [1.807, 2.05) is 51.4 Å². The number of nitrogens with one attached hydrogen (secondary N) is 1. The molecule has 0 aliphatic carbocycles. The SMILES string of the molecule is Cc1cccc(OCC(O)CNC(=O)CCc2cn(C)nc2C)c1. The van der Waals surface area contributed by atoms with Gasteiger partial charge in [-0.3, -0.25) is 9.48 Å². The summed E-state index contributed by atoms with van der Waals surface area (Å²) in [5.41, 5.74) is 3.11. The van der Waals surface area contributed by atoms with Crippen molar-refractivity contribution >= 4 is 5.91 Å². The number of hydrogen-bond acceptors (Lipinski definition) is 4. The Labute approximate surface area is 142 Å². The maximum atomic E-state index is 11.9. The van der Waals surface area contributed by atoms with Crippen molar-refractivity contribution in [3.63, 3.8) is 0 Å². The van der Waals surface area contributed by atoms with Gasteiger partial charge < -0.3 is 15.2 Å². The fraction of sp³-hybridized carbons (Fsp3) is 0.444. The van der Waals surface area contributed by atoms with E-state index in [-0.39, 0.29) is 19.1 Å². The standard InChI is InChI=1S/C18H25N3O3/c1-13-5-4-6-17(9-13)24-12-16(22)10-19-18(23)8-7-15-11-21(3)20-14(15)2/h4-6,9,11,16,22H,7-8,10,12H2,1-3H3,(H,19,23). The van der Waals surface area contributed by atoms with Crippen molar-refractivity contribution in [1.29, 1.82) is 0 Å². The quantitative estimate of drug-likeness (QED) is 0.769. The number of aliphatic hydroxyl groups is 1. The van der Waals surface area contributed by atoms with E-state index in [4.69, 9.17) is 4.74 Å². The molecule has 0 saturated carbocycles. The van der Waals surface area contributed by atoms with Crippen LogP contribution in [0.4, 0.5) is 0 Å². The number of rotatable bonds is 8. The minimum absolute atomic E-state index is 0.0899. The van der Waals surface area contributed by atoms with E-state index >= 15 is 0 Å². The van der Waals surface area contributed by atoms with Crippen molar-refractivity contribution in [1.82, 2.24) is 15.1 Å². The maximum Gasteiger partial charge on any atom is 0.220 e. The molecule has 1 aromatic heterocycles. The summed E-state index contributed by atoms with van der Waals surface area (Å²) in [5, 5.41) is 16.9. The summed E-state index contributed by atoms with van der Waals surface area (Å²) in [6.45, 7) is 4.23. The number of hydrogen-bond donors (Lipinski definition) is 2. The lowest BCUT2D eigenvalue weighted by molar-refractivity contribution is -0.121. The van der Waals surface area contributed by atoms with Gasteiger partial charge in [-0.25, -0.2) is 0 Å². The molecular weight excluding hydrogens is 306 g/mol. The van der Waals surface area contributed by atoms with Crippen LogP contribution in [0.1, 0.15) is 23.2 Å². The van der Waals surface area contributed by atoms with Gasteiger partial charge in [0.2, 0.25) is 5.91 Å². The molecule has 1 aromatic carbocycles. The largest absolute Gasteiger partial charge is 0.491 e. The van der Waals surface area contributed by atoms with Gasteiger partial charge in [-0.2, -0.15) is 5.10 Å². The van der Waals surface area contributed by atoms with E-state index in [9.17, 15) is 9.90 Å². The van der Waals surface area contributed by atoms with Crippen molar-refractivity contribution in [2.75, 3.05) is 13.2 Å². The van der Waals surface area contributed by atoms with E-state index in [1.165, 1.54) is 0 Å². The van der Waals surface area contributed by atoms with Crippen molar-refractivity contribution in [2.24, 2.45) is 7.05 Å². The second-order valence-electron chi connectivity index (χ2n) is 6.00. The molecule has 6 nitrogen and oxygen atoms in total. The third-order valence-electron chi connectivity index (χ3n) is 3.70. The zero-order chi connectivity index (χ0) is 17.5. The van der Waals surface area contributed by atoms with Crippen molar-refractivity contribution in [3.05, 3.63) is 47.3 Å². The van der Waals surface area contributed by atoms with Gasteiger partial charge in [-0.1, -0.05) is 12.1 Å². The number of aliphatic hydroxyl groups excluding tert-OH is 1. The number of amides is 1. The van der Waals surface area contributed by atoms with Gasteiger partial charge >= 0.3 is 0 Å². The van der Waals surface area contributed by atoms with E-state index < -0.39 is 6.10 Å². The average molecular weight is 331 g/mol. The number of ether oxygens (including phenoxy) is 1. The average Bonchev–Trinajstić information content (AvgIpc) is 2.86. The van der Waals surface area contributed by atoms with Crippen LogP contribution in [0.3, 0.4) is 0 Å². The summed E-state index contributed by atoms with van der Waals surface area (Å²) >= 11 is 0. The van der Waals surface area contributed by atoms with Crippen LogP contribution in [-0.2, 0) is 18.3 Å². The lowest BCUT2D eigenvalue weighted by atomic mass is 10.1. The second-order valence-corrected chi connectivity index (χ2v) is 6.00. The fourth-order valence-electron chi connectivity index (χ4n) is 2.42. The molecule has 1 heterocycles. The molecule has 1 amide bonds. The summed E-state index contributed by atoms with van der Waals surface area (Å²) < 4.78 is 7.26. The van der Waals surface area contributed by atoms with Crippen molar-refractivity contribution < 1.29 is 14.6 Å². The fourth-order valence-corrected chi connectivity index (χ4v) is 2.42. The maximum absolute atomic E-state index is 11.9. The molecule has 0 radical (unpaired) electrons. The van der Waals surface area contributed by atoms with Gasteiger partial charge in [0, 0.05) is 26.2 Å². The van der Waals surface area contributed by atoms with Gasteiger partial charge in [0.05, 0.1) is 5.69 Å². The molecule has 0 aliphatic heterocycles. The Bertz CT molecular complexity index is 682. The first-order valence-corrected chi connectivity index (χ1v) is 8.07. The molecule has 130 valence electrons. The molecule has 0 bridgehead atoms. The lowest BCUT2D eigenvalue weighted by Gasteiger charge is -2.13. The predicted molar refractivity (Wildman–Crippen MR) is 92.0 cm³/mol. The van der Waals surface area contributed by atoms with Gasteiger partial charge in [0.15, 0.2) is 0 Å². The van der Waals surface area contributed by atoms with Crippen LogP contribution in [0.5, 0.6) is 5.75 Å². The number of benzene rings is 1. The number of nitrogens with zero attached hydrogens (tertiary/aromatic N) is 2. The molecule has 0 fully saturated rings. The highest BCUT2D eigenvalue weighted by Gasteiger charge is 2.10. The Kier molecular flexibility index (Phi) is 6.37. The third-order valence-corrected chi connectivity index (χ3v) is 3.70. The Morgan fingerprint density at radius 1 is 1.42 bits per heavy atom. The van der Waals surface area contributed by atoms with Gasteiger partial charge in [-0.05, 0) is 43.5 Å². The predicted octanol–water partition coefficient (Wildman–Crippen LogP) is 1.53. The van der Waals surface area contributed by atoms with Crippen LogP contribution in [-0.4, -0.2) is 40.0 Å². The first kappa shape index (κ1) is 18.0. The molecule has 0 spiro atoms. The van der Waals surface area contributed by atoms with Crippen LogP contribution < -0.4 is 10.1 Å².